The summed E-state index contributed by atoms with van der Waals surface area (Å²) in [5, 5.41) is 6.43. The lowest BCUT2D eigenvalue weighted by Crippen LogP contribution is -2.27. The second-order valence-electron chi connectivity index (χ2n) is 8.68. The summed E-state index contributed by atoms with van der Waals surface area (Å²) in [5.74, 6) is 0.210. The second-order valence-corrected chi connectivity index (χ2v) is 9.68. The third-order valence-corrected chi connectivity index (χ3v) is 5.32. The summed E-state index contributed by atoms with van der Waals surface area (Å²) < 4.78 is 10.6. The molecule has 0 bridgehead atoms. The van der Waals surface area contributed by atoms with Crippen molar-refractivity contribution >= 4 is 34.7 Å². The lowest BCUT2D eigenvalue weighted by Gasteiger charge is -2.20. The van der Waals surface area contributed by atoms with Gasteiger partial charge in [0.05, 0.1) is 23.5 Å². The highest BCUT2D eigenvalue weighted by Crippen LogP contribution is 2.31. The van der Waals surface area contributed by atoms with E-state index in [4.69, 9.17) is 9.47 Å². The number of hydrogen-bond acceptors (Lipinski definition) is 6. The summed E-state index contributed by atoms with van der Waals surface area (Å²) in [6.07, 6.45) is -0.604. The number of aromatic nitrogens is 1. The Balaban J connectivity index is 2.22. The molecule has 2 aromatic rings. The van der Waals surface area contributed by atoms with Gasteiger partial charge in [0, 0.05) is 11.1 Å². The van der Waals surface area contributed by atoms with Crippen LogP contribution in [-0.4, -0.2) is 29.7 Å². The van der Waals surface area contributed by atoms with Gasteiger partial charge in [-0.05, 0) is 45.9 Å². The fraction of sp³-hybridized carbons (Fsp3) is 0.476. The molecule has 1 heterocycles. The van der Waals surface area contributed by atoms with Crippen LogP contribution >= 0.6 is 11.3 Å². The number of hydrogen-bond donors (Lipinski definition) is 2. The molecule has 0 saturated carbocycles. The van der Waals surface area contributed by atoms with Gasteiger partial charge in [0.2, 0.25) is 0 Å². The third-order valence-electron chi connectivity index (χ3n) is 3.74. The lowest BCUT2D eigenvalue weighted by atomic mass is 9.98. The van der Waals surface area contributed by atoms with Crippen LogP contribution in [0, 0.1) is 6.92 Å². The lowest BCUT2D eigenvalue weighted by molar-refractivity contribution is 0.0635. The summed E-state index contributed by atoms with van der Waals surface area (Å²) >= 11 is 1.39. The van der Waals surface area contributed by atoms with Gasteiger partial charge < -0.3 is 14.8 Å². The molecule has 0 atom stereocenters. The number of amides is 2. The van der Waals surface area contributed by atoms with E-state index in [1.54, 1.807) is 39.0 Å². The van der Waals surface area contributed by atoms with Gasteiger partial charge in [0.15, 0.2) is 0 Å². The molecule has 0 radical (unpaired) electrons. The quantitative estimate of drug-likeness (QED) is 0.696. The Hall–Kier alpha value is -2.61. The number of rotatable bonds is 4. The summed E-state index contributed by atoms with van der Waals surface area (Å²) in [7, 11) is 1.50. The van der Waals surface area contributed by atoms with Gasteiger partial charge in [-0.25, -0.2) is 9.78 Å². The first-order valence-electron chi connectivity index (χ1n) is 9.27. The van der Waals surface area contributed by atoms with Crippen LogP contribution in [0.1, 0.15) is 61.9 Å². The Morgan fingerprint density at radius 1 is 1.07 bits per heavy atom. The van der Waals surface area contributed by atoms with Crippen LogP contribution in [-0.2, 0) is 10.2 Å². The minimum Gasteiger partial charge on any atom is -0.495 e. The summed E-state index contributed by atoms with van der Waals surface area (Å²) in [4.78, 5) is 30.0. The van der Waals surface area contributed by atoms with Crippen molar-refractivity contribution in [1.29, 1.82) is 0 Å². The largest absolute Gasteiger partial charge is 0.495 e. The van der Waals surface area contributed by atoms with E-state index in [1.165, 1.54) is 18.4 Å². The normalized spacial score (nSPS) is 11.7. The molecule has 0 fully saturated rings. The van der Waals surface area contributed by atoms with Crippen molar-refractivity contribution < 1.29 is 19.1 Å². The highest BCUT2D eigenvalue weighted by molar-refractivity contribution is 7.14. The molecule has 0 aliphatic rings. The van der Waals surface area contributed by atoms with E-state index >= 15 is 0 Å². The van der Waals surface area contributed by atoms with E-state index in [9.17, 15) is 9.59 Å². The maximum absolute atomic E-state index is 12.8. The van der Waals surface area contributed by atoms with Crippen LogP contribution in [0.25, 0.3) is 0 Å². The van der Waals surface area contributed by atoms with Crippen LogP contribution in [0.15, 0.2) is 18.2 Å². The molecule has 0 aliphatic heterocycles. The minimum atomic E-state index is -0.627. The van der Waals surface area contributed by atoms with Crippen molar-refractivity contribution in [3.8, 4) is 5.75 Å². The second kappa shape index (κ2) is 8.41. The zero-order valence-electron chi connectivity index (χ0n) is 18.2. The van der Waals surface area contributed by atoms with Crippen molar-refractivity contribution in [2.45, 2.75) is 59.5 Å². The first-order valence-corrected chi connectivity index (χ1v) is 10.1. The van der Waals surface area contributed by atoms with E-state index in [2.05, 4.69) is 36.4 Å². The molecule has 158 valence electrons. The number of aryl methyl sites for hydroxylation is 1. The number of thiazole rings is 1. The zero-order chi connectivity index (χ0) is 22.0. The SMILES string of the molecule is COc1ccc(NC(=O)c2sc(C(C)(C)C)nc2C)cc1NC(=O)OC(C)(C)C. The van der Waals surface area contributed by atoms with Gasteiger partial charge in [-0.1, -0.05) is 20.8 Å². The molecule has 1 aromatic heterocycles. The summed E-state index contributed by atoms with van der Waals surface area (Å²) in [6.45, 7) is 13.3. The Morgan fingerprint density at radius 2 is 1.72 bits per heavy atom. The number of nitrogens with one attached hydrogen (secondary N) is 2. The molecule has 0 aliphatic carbocycles. The van der Waals surface area contributed by atoms with Crippen molar-refractivity contribution in [3.63, 3.8) is 0 Å². The van der Waals surface area contributed by atoms with Crippen molar-refractivity contribution in [3.05, 3.63) is 33.8 Å². The van der Waals surface area contributed by atoms with E-state index in [0.29, 0.717) is 27.7 Å². The Kier molecular flexibility index (Phi) is 6.57. The number of nitrogens with zero attached hydrogens (tertiary/aromatic N) is 1. The number of ether oxygens (including phenoxy) is 2. The van der Waals surface area contributed by atoms with Crippen LogP contribution in [0.2, 0.25) is 0 Å². The number of carbonyl (C=O) groups is 2. The molecule has 8 heteroatoms. The predicted octanol–water partition coefficient (Wildman–Crippen LogP) is 5.36. The van der Waals surface area contributed by atoms with E-state index < -0.39 is 11.7 Å². The Bertz CT molecular complexity index is 908. The van der Waals surface area contributed by atoms with E-state index in [-0.39, 0.29) is 11.3 Å². The molecule has 0 saturated heterocycles. The fourth-order valence-corrected chi connectivity index (χ4v) is 3.43. The highest BCUT2D eigenvalue weighted by atomic mass is 32.1. The minimum absolute atomic E-state index is 0.126. The van der Waals surface area contributed by atoms with Crippen LogP contribution in [0.3, 0.4) is 0 Å². The Labute approximate surface area is 175 Å². The van der Waals surface area contributed by atoms with Gasteiger partial charge in [0.1, 0.15) is 16.2 Å². The van der Waals surface area contributed by atoms with E-state index in [1.807, 2.05) is 6.92 Å². The first kappa shape index (κ1) is 22.7. The standard InChI is InChI=1S/C21H29N3O4S/c1-12-16(29-18(22-12)20(2,3)4)17(25)23-13-9-10-15(27-8)14(11-13)24-19(26)28-21(5,6)7/h9-11H,1-8H3,(H,23,25)(H,24,26). The molecule has 0 unspecified atom stereocenters. The van der Waals surface area contributed by atoms with Gasteiger partial charge in [-0.15, -0.1) is 11.3 Å². The molecule has 2 amide bonds. The average molecular weight is 420 g/mol. The number of anilines is 2. The van der Waals surface area contributed by atoms with Crippen LogP contribution < -0.4 is 15.4 Å². The number of carbonyl (C=O) groups excluding carboxylic acids is 2. The molecule has 2 rings (SSSR count). The molecule has 7 nitrogen and oxygen atoms in total. The van der Waals surface area contributed by atoms with Crippen LogP contribution in [0.4, 0.5) is 16.2 Å². The summed E-state index contributed by atoms with van der Waals surface area (Å²) in [6, 6.07) is 5.00. The first-order chi connectivity index (χ1) is 13.3. The maximum Gasteiger partial charge on any atom is 0.412 e. The predicted molar refractivity (Wildman–Crippen MR) is 116 cm³/mol. The molecule has 1 aromatic carbocycles. The zero-order valence-corrected chi connectivity index (χ0v) is 19.0. The maximum atomic E-state index is 12.8. The third kappa shape index (κ3) is 6.19. The van der Waals surface area contributed by atoms with Crippen molar-refractivity contribution in [1.82, 2.24) is 4.98 Å². The van der Waals surface area contributed by atoms with Gasteiger partial charge in [-0.2, -0.15) is 0 Å². The fourth-order valence-electron chi connectivity index (χ4n) is 2.41. The van der Waals surface area contributed by atoms with Gasteiger partial charge in [-0.3, -0.25) is 10.1 Å². The average Bonchev–Trinajstić information content (AvgIpc) is 2.95. The van der Waals surface area contributed by atoms with Gasteiger partial charge >= 0.3 is 6.09 Å². The monoisotopic (exact) mass is 419 g/mol. The number of benzene rings is 1. The topological polar surface area (TPSA) is 89.5 Å². The number of methoxy groups -OCH3 is 1. The van der Waals surface area contributed by atoms with E-state index in [0.717, 1.165) is 5.01 Å². The highest BCUT2D eigenvalue weighted by Gasteiger charge is 2.23. The van der Waals surface area contributed by atoms with Crippen molar-refractivity contribution in [2.24, 2.45) is 0 Å². The van der Waals surface area contributed by atoms with Gasteiger partial charge in [0.25, 0.3) is 5.91 Å². The van der Waals surface area contributed by atoms with Crippen LogP contribution in [0.5, 0.6) is 5.75 Å². The molecular formula is C21H29N3O4S. The summed E-state index contributed by atoms with van der Waals surface area (Å²) in [5.41, 5.74) is 0.858. The Morgan fingerprint density at radius 3 is 2.24 bits per heavy atom. The molecule has 29 heavy (non-hydrogen) atoms. The smallest absolute Gasteiger partial charge is 0.412 e. The molecule has 2 N–H and O–H groups in total. The molecule has 0 spiro atoms. The van der Waals surface area contributed by atoms with Crippen molar-refractivity contribution in [2.75, 3.05) is 17.7 Å². The molecular weight excluding hydrogens is 390 g/mol.